The van der Waals surface area contributed by atoms with Crippen LogP contribution in [0.2, 0.25) is 0 Å². The fourth-order valence-electron chi connectivity index (χ4n) is 2.53. The van der Waals surface area contributed by atoms with E-state index in [0.717, 1.165) is 34.8 Å². The lowest BCUT2D eigenvalue weighted by Gasteiger charge is -2.43. The molecule has 0 aromatic carbocycles. The van der Waals surface area contributed by atoms with Gasteiger partial charge in [0.1, 0.15) is 19.3 Å². The molecule has 1 saturated heterocycles. The van der Waals surface area contributed by atoms with Crippen LogP contribution >= 0.6 is 0 Å². The Balaban J connectivity index is 3.26. The van der Waals surface area contributed by atoms with Crippen molar-refractivity contribution in [3.05, 3.63) is 0 Å². The molecule has 1 fully saturated rings. The van der Waals surface area contributed by atoms with Crippen LogP contribution < -0.4 is 0 Å². The molecular weight excluding hydrogens is 396 g/mol. The van der Waals surface area contributed by atoms with E-state index in [2.05, 4.69) is 4.74 Å². The van der Waals surface area contributed by atoms with Gasteiger partial charge in [0.15, 0.2) is 24.6 Å². The SMILES string of the molecule is COC(=O)COC1OC(COC(C)=O)C(OC(C)=O)C(OC(C)=O)C1OC(C)=O. The van der Waals surface area contributed by atoms with Crippen LogP contribution in [0.25, 0.3) is 0 Å². The van der Waals surface area contributed by atoms with Crippen molar-refractivity contribution in [2.24, 2.45) is 0 Å². The quantitative estimate of drug-likeness (QED) is 0.359. The van der Waals surface area contributed by atoms with Gasteiger partial charge in [0.2, 0.25) is 0 Å². The van der Waals surface area contributed by atoms with Crippen LogP contribution in [0.5, 0.6) is 0 Å². The summed E-state index contributed by atoms with van der Waals surface area (Å²) in [5.74, 6) is -3.70. The van der Waals surface area contributed by atoms with Crippen LogP contribution in [0, 0.1) is 0 Å². The van der Waals surface area contributed by atoms with Crippen LogP contribution in [0.1, 0.15) is 27.7 Å². The second-order valence-electron chi connectivity index (χ2n) is 5.95. The van der Waals surface area contributed by atoms with Gasteiger partial charge in [-0.15, -0.1) is 0 Å². The Labute approximate surface area is 166 Å². The van der Waals surface area contributed by atoms with Gasteiger partial charge in [-0.1, -0.05) is 0 Å². The Bertz CT molecular complexity index is 630. The minimum Gasteiger partial charge on any atom is -0.467 e. The van der Waals surface area contributed by atoms with Gasteiger partial charge in [-0.25, -0.2) is 4.79 Å². The summed E-state index contributed by atoms with van der Waals surface area (Å²) in [5.41, 5.74) is 0. The first-order chi connectivity index (χ1) is 13.5. The molecule has 0 aliphatic carbocycles. The molecule has 0 bridgehead atoms. The third-order valence-corrected chi connectivity index (χ3v) is 3.54. The van der Waals surface area contributed by atoms with E-state index in [-0.39, 0.29) is 0 Å². The standard InChI is InChI=1S/C17H24O12/c1-8(18)24-6-12-14(26-9(2)19)15(27-10(3)20)16(28-11(4)21)17(29-12)25-7-13(22)23-5/h12,14-17H,6-7H2,1-5H3. The molecule has 1 aliphatic rings. The molecule has 29 heavy (non-hydrogen) atoms. The Kier molecular flexibility index (Phi) is 9.48. The van der Waals surface area contributed by atoms with Crippen LogP contribution in [0.3, 0.4) is 0 Å². The maximum Gasteiger partial charge on any atom is 0.331 e. The number of rotatable bonds is 8. The molecule has 164 valence electrons. The lowest BCUT2D eigenvalue weighted by Crippen LogP contribution is -2.63. The van der Waals surface area contributed by atoms with Crippen molar-refractivity contribution in [2.75, 3.05) is 20.3 Å². The fraction of sp³-hybridized carbons (Fsp3) is 0.706. The van der Waals surface area contributed by atoms with E-state index in [1.165, 1.54) is 0 Å². The average molecular weight is 420 g/mol. The molecule has 12 heteroatoms. The molecule has 0 amide bonds. The van der Waals surface area contributed by atoms with Gasteiger partial charge in [-0.05, 0) is 0 Å². The monoisotopic (exact) mass is 420 g/mol. The number of methoxy groups -OCH3 is 1. The zero-order chi connectivity index (χ0) is 22.1. The fourth-order valence-corrected chi connectivity index (χ4v) is 2.53. The Morgan fingerprint density at radius 1 is 0.759 bits per heavy atom. The highest BCUT2D eigenvalue weighted by molar-refractivity contribution is 5.70. The second kappa shape index (κ2) is 11.3. The summed E-state index contributed by atoms with van der Waals surface area (Å²) in [4.78, 5) is 57.4. The van der Waals surface area contributed by atoms with Gasteiger partial charge in [0.25, 0.3) is 0 Å². The van der Waals surface area contributed by atoms with Crippen LogP contribution in [-0.2, 0) is 57.1 Å². The van der Waals surface area contributed by atoms with Crippen LogP contribution in [-0.4, -0.2) is 80.9 Å². The van der Waals surface area contributed by atoms with Crippen molar-refractivity contribution in [1.82, 2.24) is 0 Å². The van der Waals surface area contributed by atoms with E-state index in [1.54, 1.807) is 0 Å². The first-order valence-corrected chi connectivity index (χ1v) is 8.54. The zero-order valence-corrected chi connectivity index (χ0v) is 16.7. The summed E-state index contributed by atoms with van der Waals surface area (Å²) in [6, 6.07) is 0. The van der Waals surface area contributed by atoms with Gasteiger partial charge in [0, 0.05) is 27.7 Å². The van der Waals surface area contributed by atoms with Crippen molar-refractivity contribution in [3.63, 3.8) is 0 Å². The van der Waals surface area contributed by atoms with Gasteiger partial charge >= 0.3 is 29.8 Å². The smallest absolute Gasteiger partial charge is 0.331 e. The minimum atomic E-state index is -1.42. The zero-order valence-electron chi connectivity index (χ0n) is 16.7. The van der Waals surface area contributed by atoms with E-state index in [1.807, 2.05) is 0 Å². The third-order valence-electron chi connectivity index (χ3n) is 3.54. The predicted octanol–water partition coefficient (Wildman–Crippen LogP) is -0.741. The van der Waals surface area contributed by atoms with Gasteiger partial charge < -0.3 is 33.2 Å². The van der Waals surface area contributed by atoms with E-state index >= 15 is 0 Å². The molecule has 0 saturated carbocycles. The summed E-state index contributed by atoms with van der Waals surface area (Å²) in [7, 11) is 1.14. The molecule has 1 heterocycles. The van der Waals surface area contributed by atoms with Gasteiger partial charge in [-0.3, -0.25) is 19.2 Å². The van der Waals surface area contributed by atoms with Gasteiger partial charge in [0.05, 0.1) is 7.11 Å². The van der Waals surface area contributed by atoms with Crippen molar-refractivity contribution < 1.29 is 57.1 Å². The third kappa shape index (κ3) is 8.03. The lowest BCUT2D eigenvalue weighted by atomic mass is 9.98. The number of hydrogen-bond donors (Lipinski definition) is 0. The first kappa shape index (κ1) is 24.3. The lowest BCUT2D eigenvalue weighted by molar-refractivity contribution is -0.307. The Hall–Kier alpha value is -2.73. The number of esters is 5. The Morgan fingerprint density at radius 2 is 1.28 bits per heavy atom. The van der Waals surface area contributed by atoms with Crippen molar-refractivity contribution in [3.8, 4) is 0 Å². The molecule has 1 aliphatic heterocycles. The first-order valence-electron chi connectivity index (χ1n) is 8.54. The molecule has 1 rings (SSSR count). The molecular formula is C17H24O12. The van der Waals surface area contributed by atoms with Crippen molar-refractivity contribution in [1.29, 1.82) is 0 Å². The van der Waals surface area contributed by atoms with Gasteiger partial charge in [-0.2, -0.15) is 0 Å². The highest BCUT2D eigenvalue weighted by Gasteiger charge is 2.52. The maximum atomic E-state index is 11.6. The molecule has 12 nitrogen and oxygen atoms in total. The molecule has 5 unspecified atom stereocenters. The highest BCUT2D eigenvalue weighted by Crippen LogP contribution is 2.29. The Morgan fingerprint density at radius 3 is 1.76 bits per heavy atom. The maximum absolute atomic E-state index is 11.6. The summed E-state index contributed by atoms with van der Waals surface area (Å²) in [6.07, 6.45) is -6.62. The number of carbonyl (C=O) groups excluding carboxylic acids is 5. The second-order valence-corrected chi connectivity index (χ2v) is 5.95. The topological polar surface area (TPSA) is 150 Å². The largest absolute Gasteiger partial charge is 0.467 e. The van der Waals surface area contributed by atoms with E-state index in [0.29, 0.717) is 0 Å². The van der Waals surface area contributed by atoms with E-state index in [4.69, 9.17) is 28.4 Å². The summed E-state index contributed by atoms with van der Waals surface area (Å²) < 4.78 is 35.9. The van der Waals surface area contributed by atoms with E-state index < -0.39 is 73.8 Å². The van der Waals surface area contributed by atoms with Crippen LogP contribution in [0.4, 0.5) is 0 Å². The number of ether oxygens (including phenoxy) is 7. The summed E-state index contributed by atoms with van der Waals surface area (Å²) in [6.45, 7) is 3.47. The molecule has 0 radical (unpaired) electrons. The molecule has 0 aromatic rings. The normalized spacial score (nSPS) is 26.0. The van der Waals surface area contributed by atoms with Crippen molar-refractivity contribution in [2.45, 2.75) is 58.4 Å². The molecule has 5 atom stereocenters. The number of carbonyl (C=O) groups is 5. The minimum absolute atomic E-state index is 0.393. The summed E-state index contributed by atoms with van der Waals surface area (Å²) >= 11 is 0. The highest BCUT2D eigenvalue weighted by atomic mass is 16.7. The predicted molar refractivity (Wildman–Crippen MR) is 89.9 cm³/mol. The van der Waals surface area contributed by atoms with E-state index in [9.17, 15) is 24.0 Å². The average Bonchev–Trinajstić information content (AvgIpc) is 2.60. The molecule has 0 spiro atoms. The van der Waals surface area contributed by atoms with Crippen molar-refractivity contribution >= 4 is 29.8 Å². The number of hydrogen-bond acceptors (Lipinski definition) is 12. The van der Waals surface area contributed by atoms with Crippen LogP contribution in [0.15, 0.2) is 0 Å². The summed E-state index contributed by atoms with van der Waals surface area (Å²) in [5, 5.41) is 0. The molecule has 0 aromatic heterocycles. The molecule has 0 N–H and O–H groups in total.